The highest BCUT2D eigenvalue weighted by Crippen LogP contribution is 2.28. The van der Waals surface area contributed by atoms with Gasteiger partial charge >= 0.3 is 0 Å². The molecule has 1 aromatic heterocycles. The van der Waals surface area contributed by atoms with Crippen molar-refractivity contribution in [1.29, 1.82) is 0 Å². The van der Waals surface area contributed by atoms with Gasteiger partial charge < -0.3 is 9.88 Å². The first kappa shape index (κ1) is 11.9. The van der Waals surface area contributed by atoms with E-state index >= 15 is 0 Å². The number of aromatic nitrogens is 1. The minimum atomic E-state index is -0.964. The second-order valence-corrected chi connectivity index (χ2v) is 5.16. The SMILES string of the molecule is Fc1c(Cl)cc2ccn(C[C@@H]3CCNC3)c2c1F. The van der Waals surface area contributed by atoms with Crippen LogP contribution in [0.25, 0.3) is 10.9 Å². The molecule has 1 aliphatic rings. The lowest BCUT2D eigenvalue weighted by molar-refractivity contribution is 0.476. The number of halogens is 3. The molecular formula is C13H13ClF2N2. The largest absolute Gasteiger partial charge is 0.345 e. The van der Waals surface area contributed by atoms with Crippen molar-refractivity contribution < 1.29 is 8.78 Å². The van der Waals surface area contributed by atoms with E-state index in [2.05, 4.69) is 5.32 Å². The third kappa shape index (κ3) is 1.89. The van der Waals surface area contributed by atoms with Gasteiger partial charge in [-0.1, -0.05) is 11.6 Å². The lowest BCUT2D eigenvalue weighted by Crippen LogP contribution is -2.14. The summed E-state index contributed by atoms with van der Waals surface area (Å²) in [6, 6.07) is 3.24. The molecule has 2 aromatic rings. The molecule has 1 fully saturated rings. The Balaban J connectivity index is 2.04. The van der Waals surface area contributed by atoms with Crippen molar-refractivity contribution in [3.05, 3.63) is 35.0 Å². The van der Waals surface area contributed by atoms with Gasteiger partial charge in [-0.3, -0.25) is 0 Å². The summed E-state index contributed by atoms with van der Waals surface area (Å²) in [5, 5.41) is 3.74. The van der Waals surface area contributed by atoms with Crippen LogP contribution in [0.4, 0.5) is 8.78 Å². The van der Waals surface area contributed by atoms with Gasteiger partial charge in [-0.2, -0.15) is 0 Å². The zero-order chi connectivity index (χ0) is 12.7. The Morgan fingerprint density at radius 3 is 2.94 bits per heavy atom. The molecule has 1 N–H and O–H groups in total. The first-order chi connectivity index (χ1) is 8.66. The van der Waals surface area contributed by atoms with Crippen molar-refractivity contribution in [2.75, 3.05) is 13.1 Å². The summed E-state index contributed by atoms with van der Waals surface area (Å²) in [5.41, 5.74) is 0.309. The van der Waals surface area contributed by atoms with Gasteiger partial charge in [0.1, 0.15) is 0 Å². The summed E-state index contributed by atoms with van der Waals surface area (Å²) >= 11 is 5.64. The maximum absolute atomic E-state index is 13.9. The number of hydrogen-bond donors (Lipinski definition) is 1. The molecule has 0 bridgehead atoms. The predicted octanol–water partition coefficient (Wildman–Crippen LogP) is 3.18. The third-order valence-corrected chi connectivity index (χ3v) is 3.78. The van der Waals surface area contributed by atoms with Crippen molar-refractivity contribution in [2.24, 2.45) is 5.92 Å². The molecule has 5 heteroatoms. The highest BCUT2D eigenvalue weighted by atomic mass is 35.5. The first-order valence-corrected chi connectivity index (χ1v) is 6.37. The molecule has 0 amide bonds. The van der Waals surface area contributed by atoms with E-state index in [-0.39, 0.29) is 5.02 Å². The van der Waals surface area contributed by atoms with Crippen LogP contribution in [0.2, 0.25) is 5.02 Å². The molecule has 1 saturated heterocycles. The molecule has 2 heterocycles. The van der Waals surface area contributed by atoms with Crippen LogP contribution in [-0.2, 0) is 6.54 Å². The lowest BCUT2D eigenvalue weighted by Gasteiger charge is -2.11. The fraction of sp³-hybridized carbons (Fsp3) is 0.385. The van der Waals surface area contributed by atoms with Gasteiger partial charge in [0.15, 0.2) is 11.6 Å². The van der Waals surface area contributed by atoms with E-state index in [1.807, 2.05) is 0 Å². The van der Waals surface area contributed by atoms with Crippen molar-refractivity contribution in [2.45, 2.75) is 13.0 Å². The molecule has 96 valence electrons. The van der Waals surface area contributed by atoms with Gasteiger partial charge in [-0.15, -0.1) is 0 Å². The van der Waals surface area contributed by atoms with E-state index in [1.165, 1.54) is 6.07 Å². The van der Waals surface area contributed by atoms with Gasteiger partial charge in [0, 0.05) is 18.1 Å². The molecule has 0 spiro atoms. The topological polar surface area (TPSA) is 17.0 Å². The van der Waals surface area contributed by atoms with Crippen LogP contribution in [0.1, 0.15) is 6.42 Å². The van der Waals surface area contributed by atoms with Gasteiger partial charge in [0.05, 0.1) is 10.5 Å². The maximum Gasteiger partial charge on any atom is 0.184 e. The van der Waals surface area contributed by atoms with E-state index < -0.39 is 11.6 Å². The van der Waals surface area contributed by atoms with Crippen LogP contribution in [0.5, 0.6) is 0 Å². The highest BCUT2D eigenvalue weighted by Gasteiger charge is 2.19. The Hall–Kier alpha value is -1.13. The van der Waals surface area contributed by atoms with Crippen LogP contribution in [-0.4, -0.2) is 17.7 Å². The van der Waals surface area contributed by atoms with Gasteiger partial charge in [-0.25, -0.2) is 8.78 Å². The van der Waals surface area contributed by atoms with E-state index in [9.17, 15) is 8.78 Å². The summed E-state index contributed by atoms with van der Waals surface area (Å²) in [7, 11) is 0. The fourth-order valence-electron chi connectivity index (χ4n) is 2.57. The zero-order valence-electron chi connectivity index (χ0n) is 9.72. The molecule has 1 atom stereocenters. The second kappa shape index (κ2) is 4.52. The van der Waals surface area contributed by atoms with Gasteiger partial charge in [0.2, 0.25) is 0 Å². The van der Waals surface area contributed by atoms with Crippen LogP contribution in [0, 0.1) is 17.6 Å². The Kier molecular flexibility index (Phi) is 2.99. The van der Waals surface area contributed by atoms with Crippen LogP contribution in [0.3, 0.4) is 0 Å². The third-order valence-electron chi connectivity index (χ3n) is 3.50. The molecule has 3 rings (SSSR count). The minimum Gasteiger partial charge on any atom is -0.345 e. The number of rotatable bonds is 2. The number of fused-ring (bicyclic) bond motifs is 1. The molecular weight excluding hydrogens is 258 g/mol. The molecule has 0 saturated carbocycles. The zero-order valence-corrected chi connectivity index (χ0v) is 10.5. The lowest BCUT2D eigenvalue weighted by atomic mass is 10.1. The molecule has 2 nitrogen and oxygen atoms in total. The first-order valence-electron chi connectivity index (χ1n) is 6.00. The van der Waals surface area contributed by atoms with Gasteiger partial charge in [0.25, 0.3) is 0 Å². The standard InChI is InChI=1S/C13H13ClF2N2/c14-10-5-9-2-4-18(7-8-1-3-17-6-8)13(9)12(16)11(10)15/h2,4-5,8,17H,1,3,6-7H2/t8-/m1/s1. The summed E-state index contributed by atoms with van der Waals surface area (Å²) in [6.07, 6.45) is 2.86. The number of nitrogens with one attached hydrogen (secondary N) is 1. The summed E-state index contributed by atoms with van der Waals surface area (Å²) in [6.45, 7) is 2.62. The average molecular weight is 271 g/mol. The Bertz CT molecular complexity index is 588. The predicted molar refractivity (Wildman–Crippen MR) is 67.8 cm³/mol. The number of hydrogen-bond acceptors (Lipinski definition) is 1. The normalized spacial score (nSPS) is 19.8. The van der Waals surface area contributed by atoms with Gasteiger partial charge in [-0.05, 0) is 37.6 Å². The summed E-state index contributed by atoms with van der Waals surface area (Å²) in [4.78, 5) is 0. The molecule has 1 aromatic carbocycles. The summed E-state index contributed by atoms with van der Waals surface area (Å²) in [5.74, 6) is -1.35. The Labute approximate surface area is 109 Å². The van der Waals surface area contributed by atoms with Crippen molar-refractivity contribution in [3.8, 4) is 0 Å². The minimum absolute atomic E-state index is 0.166. The second-order valence-electron chi connectivity index (χ2n) is 4.75. The van der Waals surface area contributed by atoms with E-state index in [4.69, 9.17) is 11.6 Å². The smallest absolute Gasteiger partial charge is 0.184 e. The van der Waals surface area contributed by atoms with E-state index in [0.717, 1.165) is 19.5 Å². The molecule has 0 radical (unpaired) electrons. The van der Waals surface area contributed by atoms with Crippen LogP contribution in [0.15, 0.2) is 18.3 Å². The molecule has 0 unspecified atom stereocenters. The Morgan fingerprint density at radius 1 is 1.39 bits per heavy atom. The monoisotopic (exact) mass is 270 g/mol. The Morgan fingerprint density at radius 2 is 2.22 bits per heavy atom. The maximum atomic E-state index is 13.9. The van der Waals surface area contributed by atoms with Crippen LogP contribution < -0.4 is 5.32 Å². The molecule has 0 aliphatic carbocycles. The molecule has 18 heavy (non-hydrogen) atoms. The van der Waals surface area contributed by atoms with E-state index in [1.54, 1.807) is 16.8 Å². The summed E-state index contributed by atoms with van der Waals surface area (Å²) < 4.78 is 29.2. The highest BCUT2D eigenvalue weighted by molar-refractivity contribution is 6.31. The van der Waals surface area contributed by atoms with Crippen molar-refractivity contribution >= 4 is 22.5 Å². The molecule has 1 aliphatic heterocycles. The van der Waals surface area contributed by atoms with E-state index in [0.29, 0.717) is 23.4 Å². The fourth-order valence-corrected chi connectivity index (χ4v) is 2.77. The van der Waals surface area contributed by atoms with Crippen molar-refractivity contribution in [1.82, 2.24) is 9.88 Å². The van der Waals surface area contributed by atoms with Crippen LogP contribution >= 0.6 is 11.6 Å². The van der Waals surface area contributed by atoms with Crippen molar-refractivity contribution in [3.63, 3.8) is 0 Å². The number of nitrogens with zero attached hydrogens (tertiary/aromatic N) is 1. The number of benzene rings is 1. The average Bonchev–Trinajstić information content (AvgIpc) is 2.97. The quantitative estimate of drug-likeness (QED) is 0.830.